The van der Waals surface area contributed by atoms with E-state index in [1.807, 2.05) is 7.11 Å². The predicted octanol–water partition coefficient (Wildman–Crippen LogP) is 6.92. The number of aliphatic hydroxyl groups excluding tert-OH is 1. The van der Waals surface area contributed by atoms with Crippen LogP contribution in [-0.4, -0.2) is 42.9 Å². The van der Waals surface area contributed by atoms with Gasteiger partial charge in [0.2, 0.25) is 0 Å². The molecule has 4 nitrogen and oxygen atoms in total. The van der Waals surface area contributed by atoms with Crippen molar-refractivity contribution in [2.45, 2.75) is 117 Å². The molecule has 10 atom stereocenters. The van der Waals surface area contributed by atoms with Gasteiger partial charge in [0.15, 0.2) is 6.29 Å². The van der Waals surface area contributed by atoms with Gasteiger partial charge in [-0.2, -0.15) is 0 Å². The van der Waals surface area contributed by atoms with Gasteiger partial charge in [0.25, 0.3) is 0 Å². The molecule has 5 aliphatic rings. The van der Waals surface area contributed by atoms with Crippen molar-refractivity contribution in [3.63, 3.8) is 0 Å². The van der Waals surface area contributed by atoms with Crippen LogP contribution in [0.3, 0.4) is 0 Å². The first-order chi connectivity index (χ1) is 16.8. The van der Waals surface area contributed by atoms with Gasteiger partial charge in [-0.05, 0) is 87.4 Å². The molecule has 0 radical (unpaired) electrons. The second-order valence-corrected chi connectivity index (χ2v) is 14.7. The summed E-state index contributed by atoms with van der Waals surface area (Å²) in [5.41, 5.74) is -0.460. The second-order valence-electron chi connectivity index (χ2n) is 14.7. The smallest absolute Gasteiger partial charge is 0.164 e. The first-order valence-electron chi connectivity index (χ1n) is 14.6. The molecule has 0 aromatic heterocycles. The number of fused-ring (bicyclic) bond motifs is 2. The van der Waals surface area contributed by atoms with Crippen molar-refractivity contribution in [1.29, 1.82) is 0 Å². The zero-order chi connectivity index (χ0) is 26.4. The zero-order valence-electron chi connectivity index (χ0n) is 24.4. The summed E-state index contributed by atoms with van der Waals surface area (Å²) >= 11 is 0. The van der Waals surface area contributed by atoms with Crippen molar-refractivity contribution in [2.75, 3.05) is 14.2 Å². The van der Waals surface area contributed by atoms with Crippen LogP contribution in [0.5, 0.6) is 0 Å². The Labute approximate surface area is 220 Å². The molecular weight excluding hydrogens is 448 g/mol. The van der Waals surface area contributed by atoms with Gasteiger partial charge in [0.05, 0.1) is 11.7 Å². The number of rotatable bonds is 6. The molecule has 1 unspecified atom stereocenters. The van der Waals surface area contributed by atoms with Crippen molar-refractivity contribution in [3.8, 4) is 0 Å². The van der Waals surface area contributed by atoms with Crippen LogP contribution in [0.15, 0.2) is 24.3 Å². The van der Waals surface area contributed by atoms with E-state index in [4.69, 9.17) is 14.2 Å². The fraction of sp³-hybridized carbons (Fsp3) is 0.875. The van der Waals surface area contributed by atoms with Crippen molar-refractivity contribution in [3.05, 3.63) is 24.3 Å². The van der Waals surface area contributed by atoms with Gasteiger partial charge in [-0.25, -0.2) is 0 Å². The number of hydrogen-bond donors (Lipinski definition) is 1. The summed E-state index contributed by atoms with van der Waals surface area (Å²) in [6.45, 7) is 16.3. The van der Waals surface area contributed by atoms with Crippen LogP contribution in [0.25, 0.3) is 0 Å². The monoisotopic (exact) mass is 500 g/mol. The highest BCUT2D eigenvalue weighted by molar-refractivity contribution is 5.34. The standard InChI is InChI=1S/C32H52O4/c1-21(11-10-16-27(2,3)35-9)22-14-17-30(7)23-15-18-32-24(12-13-25(33)28(32,4)5)31(23,26(34-8)36-32)20-19-29(22,30)6/h10,15-16,18,21-26,33H,11-14,17,19-20H2,1-9H3/b16-10+/t21-,22-,23+,24+,25+,26-,29-,30+,31?,32+/m1/s1. The molecular formula is C32H52O4. The van der Waals surface area contributed by atoms with Crippen LogP contribution in [0, 0.1) is 45.3 Å². The Kier molecular flexibility index (Phi) is 6.28. The summed E-state index contributed by atoms with van der Waals surface area (Å²) in [4.78, 5) is 0. The van der Waals surface area contributed by atoms with Gasteiger partial charge in [-0.3, -0.25) is 0 Å². The SMILES string of the molecule is CO[C@@H]1O[C@@]23C=C[C@@H]4C1(CC[C@]1(C)[C@@H]([C@H](C)C/C=C/C(C)(C)OC)CC[C@@]41C)[C@@H]2CC[C@H](O)C3(C)C. The highest BCUT2D eigenvalue weighted by atomic mass is 16.7. The first kappa shape index (κ1) is 26.9. The summed E-state index contributed by atoms with van der Waals surface area (Å²) in [5, 5.41) is 11.0. The molecule has 0 aromatic carbocycles. The lowest BCUT2D eigenvalue weighted by molar-refractivity contribution is -0.225. The Balaban J connectivity index is 1.49. The summed E-state index contributed by atoms with van der Waals surface area (Å²) in [7, 11) is 3.63. The lowest BCUT2D eigenvalue weighted by atomic mass is 9.38. The van der Waals surface area contributed by atoms with Gasteiger partial charge >= 0.3 is 0 Å². The van der Waals surface area contributed by atoms with Crippen LogP contribution in [0.4, 0.5) is 0 Å². The van der Waals surface area contributed by atoms with Gasteiger partial charge in [-0.1, -0.05) is 58.9 Å². The van der Waals surface area contributed by atoms with E-state index < -0.39 is 5.60 Å². The third-order valence-electron chi connectivity index (χ3n) is 12.9. The molecule has 1 aliphatic heterocycles. The Hall–Kier alpha value is -0.680. The number of hydrogen-bond acceptors (Lipinski definition) is 4. The van der Waals surface area contributed by atoms with Crippen LogP contribution in [0.1, 0.15) is 93.4 Å². The van der Waals surface area contributed by atoms with Crippen LogP contribution in [-0.2, 0) is 14.2 Å². The van der Waals surface area contributed by atoms with Gasteiger partial charge < -0.3 is 19.3 Å². The van der Waals surface area contributed by atoms with E-state index in [2.05, 4.69) is 72.8 Å². The Morgan fingerprint density at radius 3 is 2.44 bits per heavy atom. The van der Waals surface area contributed by atoms with E-state index in [-0.39, 0.29) is 34.2 Å². The minimum atomic E-state index is -0.434. The molecule has 4 aliphatic carbocycles. The molecule has 36 heavy (non-hydrogen) atoms. The van der Waals surface area contributed by atoms with E-state index in [0.717, 1.165) is 25.7 Å². The number of methoxy groups -OCH3 is 2. The summed E-state index contributed by atoms with van der Waals surface area (Å²) < 4.78 is 18.8. The van der Waals surface area contributed by atoms with Crippen molar-refractivity contribution in [2.24, 2.45) is 45.3 Å². The summed E-state index contributed by atoms with van der Waals surface area (Å²) in [5.74, 6) is 2.20. The van der Waals surface area contributed by atoms with Gasteiger partial charge in [0, 0.05) is 31.0 Å². The summed E-state index contributed by atoms with van der Waals surface area (Å²) in [6.07, 6.45) is 16.9. The molecule has 204 valence electrons. The molecule has 0 aromatic rings. The minimum absolute atomic E-state index is 0.00428. The molecule has 1 N–H and O–H groups in total. The Morgan fingerprint density at radius 1 is 1.06 bits per heavy atom. The molecule has 0 amide bonds. The number of ether oxygens (including phenoxy) is 3. The van der Waals surface area contributed by atoms with Crippen molar-refractivity contribution < 1.29 is 19.3 Å². The summed E-state index contributed by atoms with van der Waals surface area (Å²) in [6, 6.07) is 0. The normalized spacial score (nSPS) is 50.1. The van der Waals surface area contributed by atoms with E-state index >= 15 is 0 Å². The molecule has 3 saturated carbocycles. The van der Waals surface area contributed by atoms with E-state index in [0.29, 0.717) is 29.1 Å². The largest absolute Gasteiger partial charge is 0.392 e. The maximum Gasteiger partial charge on any atom is 0.164 e. The van der Waals surface area contributed by atoms with Crippen molar-refractivity contribution in [1.82, 2.24) is 0 Å². The predicted molar refractivity (Wildman–Crippen MR) is 144 cm³/mol. The van der Waals surface area contributed by atoms with Crippen LogP contribution < -0.4 is 0 Å². The molecule has 4 heteroatoms. The maximum atomic E-state index is 11.0. The lowest BCUT2D eigenvalue weighted by Gasteiger charge is -2.65. The lowest BCUT2D eigenvalue weighted by Crippen LogP contribution is -2.65. The average Bonchev–Trinajstić information content (AvgIpc) is 3.20. The highest BCUT2D eigenvalue weighted by Gasteiger charge is 2.78. The fourth-order valence-electron chi connectivity index (χ4n) is 10.3. The van der Waals surface area contributed by atoms with E-state index in [1.165, 1.54) is 19.3 Å². The van der Waals surface area contributed by atoms with E-state index in [9.17, 15) is 5.11 Å². The molecule has 1 heterocycles. The topological polar surface area (TPSA) is 47.9 Å². The average molecular weight is 501 g/mol. The Bertz CT molecular complexity index is 921. The molecule has 4 fully saturated rings. The minimum Gasteiger partial charge on any atom is -0.392 e. The quantitative estimate of drug-likeness (QED) is 0.402. The van der Waals surface area contributed by atoms with Gasteiger partial charge in [-0.15, -0.1) is 0 Å². The fourth-order valence-corrected chi connectivity index (χ4v) is 10.3. The maximum absolute atomic E-state index is 11.0. The highest BCUT2D eigenvalue weighted by Crippen LogP contribution is 2.78. The van der Waals surface area contributed by atoms with Crippen LogP contribution in [0.2, 0.25) is 0 Å². The molecule has 1 saturated heterocycles. The zero-order valence-corrected chi connectivity index (χ0v) is 24.4. The third-order valence-corrected chi connectivity index (χ3v) is 12.9. The van der Waals surface area contributed by atoms with Gasteiger partial charge in [0.1, 0.15) is 5.60 Å². The Morgan fingerprint density at radius 2 is 1.78 bits per heavy atom. The van der Waals surface area contributed by atoms with Crippen LogP contribution >= 0.6 is 0 Å². The first-order valence-corrected chi connectivity index (χ1v) is 14.6. The third kappa shape index (κ3) is 3.20. The molecule has 1 spiro atoms. The molecule has 5 rings (SSSR count). The van der Waals surface area contributed by atoms with E-state index in [1.54, 1.807) is 7.11 Å². The molecule has 2 bridgehead atoms. The second kappa shape index (κ2) is 8.41. The number of allylic oxidation sites excluding steroid dienone is 2. The van der Waals surface area contributed by atoms with Crippen molar-refractivity contribution >= 4 is 0 Å². The number of aliphatic hydroxyl groups is 1.